The first-order chi connectivity index (χ1) is 23.8. The molecule has 51 heavy (non-hydrogen) atoms. The van der Waals surface area contributed by atoms with E-state index < -0.39 is 73.3 Å². The molecule has 18 nitrogen and oxygen atoms in total. The van der Waals surface area contributed by atoms with E-state index in [1.807, 2.05) is 6.92 Å². The third-order valence-corrected chi connectivity index (χ3v) is 8.46. The molecular formula is C32H52GdN6O12+3. The smallest absolute Gasteiger partial charge is 0.480 e. The summed E-state index contributed by atoms with van der Waals surface area (Å²) in [7, 11) is 0. The maximum Gasteiger partial charge on any atom is 3.00 e. The van der Waals surface area contributed by atoms with Crippen molar-refractivity contribution in [2.24, 2.45) is 0 Å². The molecule has 2 unspecified atom stereocenters. The van der Waals surface area contributed by atoms with Crippen molar-refractivity contribution in [1.29, 1.82) is 0 Å². The van der Waals surface area contributed by atoms with E-state index >= 15 is 0 Å². The van der Waals surface area contributed by atoms with Crippen molar-refractivity contribution in [3.05, 3.63) is 29.6 Å². The fourth-order valence-corrected chi connectivity index (χ4v) is 5.71. The van der Waals surface area contributed by atoms with Gasteiger partial charge in [0.1, 0.15) is 18.1 Å². The Kier molecular flexibility index (Phi) is 22.6. The van der Waals surface area contributed by atoms with Gasteiger partial charge in [0.15, 0.2) is 0 Å². The van der Waals surface area contributed by atoms with E-state index in [0.29, 0.717) is 24.2 Å². The summed E-state index contributed by atoms with van der Waals surface area (Å²) in [5.74, 6) is -4.59. The van der Waals surface area contributed by atoms with Crippen LogP contribution in [0.4, 0.5) is 0 Å². The number of rotatable bonds is 20. The quantitative estimate of drug-likeness (QED) is 0.0665. The average Bonchev–Trinajstić information content (AvgIpc) is 3.07. The summed E-state index contributed by atoms with van der Waals surface area (Å²) in [4.78, 5) is 72.0. The predicted molar refractivity (Wildman–Crippen MR) is 176 cm³/mol. The molecule has 1 aliphatic rings. The maximum atomic E-state index is 12.6. The van der Waals surface area contributed by atoms with Crippen LogP contribution in [-0.4, -0.2) is 168 Å². The molecule has 2 rings (SSSR count). The molecule has 2 heterocycles. The Labute approximate surface area is 328 Å². The second-order valence-electron chi connectivity index (χ2n) is 12.3. The molecule has 0 fully saturated rings. The summed E-state index contributed by atoms with van der Waals surface area (Å²) in [5, 5.41) is 72.6. The van der Waals surface area contributed by atoms with Crippen molar-refractivity contribution < 1.29 is 99.7 Å². The third kappa shape index (κ3) is 16.8. The van der Waals surface area contributed by atoms with Gasteiger partial charge in [-0.2, -0.15) is 0 Å². The van der Waals surface area contributed by atoms with Crippen LogP contribution in [-0.2, 0) is 37.1 Å². The molecule has 5 atom stereocenters. The van der Waals surface area contributed by atoms with Crippen molar-refractivity contribution in [1.82, 2.24) is 30.3 Å². The average molecular weight is 870 g/mol. The van der Waals surface area contributed by atoms with Crippen molar-refractivity contribution in [3.63, 3.8) is 0 Å². The number of aliphatic carboxylic acids is 3. The van der Waals surface area contributed by atoms with Gasteiger partial charge in [-0.25, -0.2) is 0 Å². The molecule has 1 radical (unpaired) electrons. The number of carbonyl (C=O) groups is 5. The molecule has 19 heteroatoms. The summed E-state index contributed by atoms with van der Waals surface area (Å²) in [5.41, 5.74) is 1.01. The summed E-state index contributed by atoms with van der Waals surface area (Å²) >= 11 is 0. The first-order valence-corrected chi connectivity index (χ1v) is 16.8. The molecule has 1 aliphatic heterocycles. The van der Waals surface area contributed by atoms with Gasteiger partial charge < -0.3 is 46.4 Å². The van der Waals surface area contributed by atoms with Crippen molar-refractivity contribution in [2.45, 2.75) is 88.9 Å². The van der Waals surface area contributed by atoms with E-state index in [9.17, 15) is 49.5 Å². The molecular weight excluding hydrogens is 818 g/mol. The van der Waals surface area contributed by atoms with Crippen LogP contribution in [0.1, 0.15) is 56.8 Å². The molecule has 2 amide bonds. The maximum absolute atomic E-state index is 12.6. The monoisotopic (exact) mass is 870 g/mol. The molecule has 0 spiro atoms. The first-order valence-electron chi connectivity index (χ1n) is 16.8. The fourth-order valence-electron chi connectivity index (χ4n) is 5.71. The van der Waals surface area contributed by atoms with Gasteiger partial charge in [0.25, 0.3) is 0 Å². The Hall–Kier alpha value is -2.46. The van der Waals surface area contributed by atoms with E-state index in [1.165, 1.54) is 0 Å². The van der Waals surface area contributed by atoms with Gasteiger partial charge in [-0.1, -0.05) is 19.4 Å². The minimum Gasteiger partial charge on any atom is -0.480 e. The number of carboxylic acid groups (broad SMARTS) is 3. The number of nitrogens with one attached hydrogen (secondary N) is 2. The minimum absolute atomic E-state index is 0. The van der Waals surface area contributed by atoms with E-state index in [0.717, 1.165) is 0 Å². The number of aromatic nitrogens is 1. The zero-order valence-corrected chi connectivity index (χ0v) is 31.0. The second-order valence-corrected chi connectivity index (χ2v) is 12.3. The van der Waals surface area contributed by atoms with E-state index in [4.69, 9.17) is 10.2 Å². The minimum atomic E-state index is -1.25. The van der Waals surface area contributed by atoms with E-state index in [2.05, 4.69) is 15.6 Å². The zero-order chi connectivity index (χ0) is 37.2. The Bertz CT molecular complexity index is 1260. The first kappa shape index (κ1) is 46.6. The number of fused-ring (bicyclic) bond motifs is 2. The van der Waals surface area contributed by atoms with Gasteiger partial charge >= 0.3 is 57.8 Å². The number of aliphatic hydroxyl groups excluding tert-OH is 4. The van der Waals surface area contributed by atoms with Gasteiger partial charge in [-0.05, 0) is 31.4 Å². The normalized spacial score (nSPS) is 17.7. The van der Waals surface area contributed by atoms with Gasteiger partial charge in [0.05, 0.1) is 36.8 Å². The van der Waals surface area contributed by atoms with Crippen LogP contribution in [0.5, 0.6) is 0 Å². The largest absolute Gasteiger partial charge is 3.00 e. The molecule has 1 aromatic heterocycles. The van der Waals surface area contributed by atoms with Crippen molar-refractivity contribution >= 4 is 29.7 Å². The van der Waals surface area contributed by atoms with Crippen molar-refractivity contribution in [2.75, 3.05) is 52.5 Å². The van der Waals surface area contributed by atoms with Crippen LogP contribution >= 0.6 is 0 Å². The van der Waals surface area contributed by atoms with Crippen LogP contribution in [0.25, 0.3) is 0 Å². The predicted octanol–water partition coefficient (Wildman–Crippen LogP) is -2.34. The number of carbonyl (C=O) groups excluding carboxylic acids is 2. The van der Waals surface area contributed by atoms with Crippen LogP contribution < -0.4 is 10.6 Å². The Morgan fingerprint density at radius 3 is 1.43 bits per heavy atom. The molecule has 0 aliphatic carbocycles. The van der Waals surface area contributed by atoms with Crippen LogP contribution in [0.3, 0.4) is 0 Å². The number of hydrogen-bond donors (Lipinski definition) is 9. The van der Waals surface area contributed by atoms with Gasteiger partial charge in [0.2, 0.25) is 11.8 Å². The van der Waals surface area contributed by atoms with Crippen LogP contribution in [0.15, 0.2) is 18.2 Å². The number of amides is 2. The summed E-state index contributed by atoms with van der Waals surface area (Å²) < 4.78 is 0. The van der Waals surface area contributed by atoms with Crippen LogP contribution in [0.2, 0.25) is 0 Å². The molecule has 0 saturated heterocycles. The number of nitrogens with zero attached hydrogens (tertiary/aromatic N) is 4. The molecule has 9 N–H and O–H groups in total. The van der Waals surface area contributed by atoms with E-state index in [-0.39, 0.29) is 118 Å². The number of pyridine rings is 1. The standard InChI is InChI=1S/C32H52N6O12.Gd/c1-2-4-25(30(45)46)37-13-11-36(26(31(47)48)7-9-28(43)33-15-23(41)19-39)12-14-38(18-22-6-3-5-21(17-37)35-22)27(32(49)50)8-10-29(44)34-16-24(42)20-40;/h3,5-6,23-27,39-42H,2,4,7-20H2,1H3,(H,33,43)(H,34,44)(H,45,46)(H,47,48)(H,49,50);/q;+3/t23?,24?,25-,26-,27-;/m1./s1. The molecule has 0 saturated carbocycles. The summed E-state index contributed by atoms with van der Waals surface area (Å²) in [6.45, 7) is 0.596. The topological polar surface area (TPSA) is 274 Å². The number of hydrogen-bond acceptors (Lipinski definition) is 13. The summed E-state index contributed by atoms with van der Waals surface area (Å²) in [6, 6.07) is 1.83. The van der Waals surface area contributed by atoms with Gasteiger partial charge in [0, 0.05) is 65.2 Å². The Balaban J connectivity index is 0.0000130. The zero-order valence-electron chi connectivity index (χ0n) is 28.7. The fraction of sp³-hybridized carbons (Fsp3) is 0.688. The number of carboxylic acids is 3. The molecule has 1 aromatic rings. The van der Waals surface area contributed by atoms with Crippen molar-refractivity contribution in [3.8, 4) is 0 Å². The molecule has 287 valence electrons. The van der Waals surface area contributed by atoms with Gasteiger partial charge in [-0.3, -0.25) is 43.7 Å². The number of aliphatic hydroxyl groups is 4. The Morgan fingerprint density at radius 2 is 1.06 bits per heavy atom. The van der Waals surface area contributed by atoms with E-state index in [1.54, 1.807) is 32.9 Å². The molecule has 0 aromatic carbocycles. The van der Waals surface area contributed by atoms with Crippen LogP contribution in [0, 0.1) is 39.9 Å². The third-order valence-electron chi connectivity index (χ3n) is 8.46. The molecule has 2 bridgehead atoms. The SMILES string of the molecule is CCC[C@H](C(=O)O)N1CCN([C@H](CCC(=O)NCC(O)CO)C(=O)O)CCN([C@H](CCC(=O)NCC(O)CO)C(=O)O)Cc2cccc(n2)C1.[Gd+3]. The second kappa shape index (κ2) is 24.7. The van der Waals surface area contributed by atoms with Gasteiger partial charge in [-0.15, -0.1) is 0 Å². The Morgan fingerprint density at radius 1 is 0.686 bits per heavy atom. The summed E-state index contributed by atoms with van der Waals surface area (Å²) in [6.07, 6.45) is -2.19.